The Kier molecular flexibility index (Phi) is 11.6. The molecule has 7 aromatic rings. The van der Waals surface area contributed by atoms with Crippen molar-refractivity contribution in [1.29, 1.82) is 0 Å². The van der Waals surface area contributed by atoms with Crippen LogP contribution in [0.5, 0.6) is 17.2 Å². The van der Waals surface area contributed by atoms with Gasteiger partial charge < -0.3 is 15.3 Å². The zero-order valence-corrected chi connectivity index (χ0v) is 31.9. The molecule has 0 saturated carbocycles. The number of hydrogen-bond donors (Lipinski definition) is 2. The SMILES string of the molecule is Cc1cc(Cc2cc(C)c(O)c(C)c2)c([O-])c(Cc2cc(C)c(O)c(C)c2)c1.c1ccc(C[N+](c2ccccc2)(c2ccccc2)c2ccccc2)cc1. The summed E-state index contributed by atoms with van der Waals surface area (Å²) in [5, 5.41) is 33.1. The highest BCUT2D eigenvalue weighted by Crippen LogP contribution is 2.45. The van der Waals surface area contributed by atoms with Crippen molar-refractivity contribution in [2.45, 2.75) is 54.0 Å². The molecule has 0 aliphatic rings. The molecule has 0 amide bonds. The van der Waals surface area contributed by atoms with Crippen molar-refractivity contribution in [2.24, 2.45) is 0 Å². The quantitative estimate of drug-likeness (QED) is 0.147. The third-order valence-corrected chi connectivity index (χ3v) is 10.1. The number of para-hydroxylation sites is 3. The van der Waals surface area contributed by atoms with Crippen LogP contribution in [0.2, 0.25) is 0 Å². The van der Waals surface area contributed by atoms with Crippen LogP contribution in [0.15, 0.2) is 158 Å². The number of phenols is 2. The van der Waals surface area contributed by atoms with Gasteiger partial charge in [0.1, 0.15) is 35.1 Å². The highest BCUT2D eigenvalue weighted by Gasteiger charge is 2.36. The molecule has 0 saturated heterocycles. The van der Waals surface area contributed by atoms with Crippen LogP contribution in [-0.2, 0) is 19.4 Å². The van der Waals surface area contributed by atoms with Gasteiger partial charge in [-0.3, -0.25) is 0 Å². The largest absolute Gasteiger partial charge is 0.872 e. The van der Waals surface area contributed by atoms with Crippen LogP contribution in [0.1, 0.15) is 55.6 Å². The Morgan fingerprint density at radius 2 is 0.741 bits per heavy atom. The smallest absolute Gasteiger partial charge is 0.143 e. The second kappa shape index (κ2) is 16.7. The number of rotatable bonds is 9. The minimum absolute atomic E-state index is 0.0670. The van der Waals surface area contributed by atoms with Crippen LogP contribution >= 0.6 is 0 Å². The third-order valence-electron chi connectivity index (χ3n) is 10.1. The third kappa shape index (κ3) is 8.41. The van der Waals surface area contributed by atoms with Crippen molar-refractivity contribution in [3.63, 3.8) is 0 Å². The summed E-state index contributed by atoms with van der Waals surface area (Å²) in [5.74, 6) is 0.695. The summed E-state index contributed by atoms with van der Waals surface area (Å²) >= 11 is 0. The molecule has 0 unspecified atom stereocenters. The van der Waals surface area contributed by atoms with E-state index < -0.39 is 0 Å². The average molecular weight is 712 g/mol. The molecule has 7 rings (SSSR count). The monoisotopic (exact) mass is 711 g/mol. The molecule has 0 radical (unpaired) electrons. The Morgan fingerprint density at radius 1 is 0.426 bits per heavy atom. The molecule has 4 heteroatoms. The van der Waals surface area contributed by atoms with Crippen molar-refractivity contribution < 1.29 is 15.3 Å². The summed E-state index contributed by atoms with van der Waals surface area (Å²) in [5.41, 5.74) is 13.0. The zero-order chi connectivity index (χ0) is 38.2. The number of phenolic OH excluding ortho intramolecular Hbond substituents is 2. The number of nitrogens with zero attached hydrogens (tertiary/aromatic N) is 1. The van der Waals surface area contributed by atoms with Gasteiger partial charge in [0.05, 0.1) is 0 Å². The lowest BCUT2D eigenvalue weighted by molar-refractivity contribution is -0.270. The average Bonchev–Trinajstić information content (AvgIpc) is 3.18. The second-order valence-corrected chi connectivity index (χ2v) is 14.4. The molecule has 272 valence electrons. The zero-order valence-electron chi connectivity index (χ0n) is 31.9. The number of hydrogen-bond acceptors (Lipinski definition) is 3. The van der Waals surface area contributed by atoms with Crippen LogP contribution < -0.4 is 9.59 Å². The number of quaternary nitrogens is 1. The molecular formula is C50H49NO3. The minimum atomic E-state index is 0.0670. The van der Waals surface area contributed by atoms with Crippen LogP contribution in [0.4, 0.5) is 17.1 Å². The highest BCUT2D eigenvalue weighted by atomic mass is 16.3. The number of aromatic hydroxyl groups is 2. The Hall–Kier alpha value is -6.10. The van der Waals surface area contributed by atoms with Gasteiger partial charge in [0.15, 0.2) is 0 Å². The highest BCUT2D eigenvalue weighted by molar-refractivity contribution is 5.71. The van der Waals surface area contributed by atoms with Gasteiger partial charge in [0, 0.05) is 5.56 Å². The fraction of sp³-hybridized carbons (Fsp3) is 0.160. The first kappa shape index (κ1) is 37.7. The van der Waals surface area contributed by atoms with Crippen molar-refractivity contribution in [3.05, 3.63) is 213 Å². The summed E-state index contributed by atoms with van der Waals surface area (Å²) in [6.07, 6.45) is 1.09. The van der Waals surface area contributed by atoms with Crippen molar-refractivity contribution in [2.75, 3.05) is 0 Å². The van der Waals surface area contributed by atoms with Gasteiger partial charge in [-0.15, -0.1) is 5.75 Å². The minimum Gasteiger partial charge on any atom is -0.872 e. The Labute approximate surface area is 320 Å². The van der Waals surface area contributed by atoms with E-state index in [9.17, 15) is 15.3 Å². The van der Waals surface area contributed by atoms with Gasteiger partial charge in [-0.05, 0) is 117 Å². The molecule has 0 aliphatic carbocycles. The summed E-state index contributed by atoms with van der Waals surface area (Å²) in [6, 6.07) is 54.7. The van der Waals surface area contributed by atoms with Crippen LogP contribution in [0.25, 0.3) is 0 Å². The lowest BCUT2D eigenvalue weighted by atomic mass is 9.93. The summed E-state index contributed by atoms with van der Waals surface area (Å²) in [4.78, 5) is 0. The first-order chi connectivity index (χ1) is 26.0. The van der Waals surface area contributed by atoms with E-state index in [1.54, 1.807) is 0 Å². The fourth-order valence-corrected chi connectivity index (χ4v) is 7.55. The Bertz CT molecular complexity index is 2100. The first-order valence-corrected chi connectivity index (χ1v) is 18.5. The normalized spacial score (nSPS) is 11.1. The molecule has 0 aromatic heterocycles. The predicted octanol–water partition coefficient (Wildman–Crippen LogP) is 11.8. The standard InChI is InChI=1S/C25H22N.C25H28O3/c1-5-13-22(14-6-1)21-26(23-15-7-2-8-16-23,24-17-9-3-10-18-24)25-19-11-4-12-20-25;1-14-6-21(12-19-8-15(2)23(26)16(3)9-19)25(28)22(7-14)13-20-10-17(4)24(27)18(5)11-20/h1-20H,21H2;6-11,26-28H,12-13H2,1-5H3/q+1;/p-1. The topological polar surface area (TPSA) is 63.5 Å². The summed E-state index contributed by atoms with van der Waals surface area (Å²) in [6.45, 7) is 10.4. The van der Waals surface area contributed by atoms with Gasteiger partial charge in [-0.1, -0.05) is 138 Å². The lowest BCUT2D eigenvalue weighted by Gasteiger charge is -2.37. The molecule has 0 atom stereocenters. The van der Waals surface area contributed by atoms with Crippen molar-refractivity contribution in [3.8, 4) is 17.2 Å². The van der Waals surface area contributed by atoms with Gasteiger partial charge in [0.2, 0.25) is 0 Å². The van der Waals surface area contributed by atoms with E-state index in [-0.39, 0.29) is 5.75 Å². The molecular weight excluding hydrogens is 663 g/mol. The van der Waals surface area contributed by atoms with E-state index >= 15 is 0 Å². The van der Waals surface area contributed by atoms with Crippen molar-refractivity contribution >= 4 is 17.1 Å². The van der Waals surface area contributed by atoms with Crippen LogP contribution in [-0.4, -0.2) is 10.2 Å². The summed E-state index contributed by atoms with van der Waals surface area (Å²) in [7, 11) is 0. The van der Waals surface area contributed by atoms with E-state index in [2.05, 4.69) is 121 Å². The number of benzene rings is 7. The van der Waals surface area contributed by atoms with Gasteiger partial charge in [-0.25, -0.2) is 4.48 Å². The molecule has 0 fully saturated rings. The van der Waals surface area contributed by atoms with Gasteiger partial charge >= 0.3 is 0 Å². The molecule has 0 bridgehead atoms. The van der Waals surface area contributed by atoms with Crippen LogP contribution in [0, 0.1) is 34.6 Å². The van der Waals surface area contributed by atoms with Gasteiger partial charge in [0.25, 0.3) is 0 Å². The fourth-order valence-electron chi connectivity index (χ4n) is 7.55. The molecule has 2 N–H and O–H groups in total. The number of aryl methyl sites for hydroxylation is 5. The lowest BCUT2D eigenvalue weighted by Crippen LogP contribution is -2.38. The van der Waals surface area contributed by atoms with E-state index in [0.717, 1.165) is 56.6 Å². The maximum atomic E-state index is 13.1. The Morgan fingerprint density at radius 3 is 1.07 bits per heavy atom. The maximum Gasteiger partial charge on any atom is 0.143 e. The van der Waals surface area contributed by atoms with E-state index in [0.29, 0.717) is 28.8 Å². The molecule has 7 aromatic carbocycles. The Balaban J connectivity index is 0.000000185. The maximum absolute atomic E-state index is 13.1. The molecule has 0 spiro atoms. The van der Waals surface area contributed by atoms with E-state index in [1.165, 1.54) is 22.6 Å². The van der Waals surface area contributed by atoms with E-state index in [1.807, 2.05) is 71.0 Å². The van der Waals surface area contributed by atoms with Gasteiger partial charge in [-0.2, -0.15) is 0 Å². The molecule has 4 nitrogen and oxygen atoms in total. The molecule has 0 aliphatic heterocycles. The van der Waals surface area contributed by atoms with Crippen LogP contribution in [0.3, 0.4) is 0 Å². The van der Waals surface area contributed by atoms with Crippen molar-refractivity contribution in [1.82, 2.24) is 4.48 Å². The molecule has 54 heavy (non-hydrogen) atoms. The second-order valence-electron chi connectivity index (χ2n) is 14.4. The molecule has 0 heterocycles. The van der Waals surface area contributed by atoms with E-state index in [4.69, 9.17) is 0 Å². The summed E-state index contributed by atoms with van der Waals surface area (Å²) < 4.78 is 0.659. The first-order valence-electron chi connectivity index (χ1n) is 18.5. The predicted molar refractivity (Wildman–Crippen MR) is 222 cm³/mol.